The number of carbonyl (C=O) groups is 10. The summed E-state index contributed by atoms with van der Waals surface area (Å²) in [6.45, 7) is 14.7. The quantitative estimate of drug-likeness (QED) is 0.0242. The minimum absolute atomic E-state index is 0.0648. The van der Waals surface area contributed by atoms with Crippen molar-refractivity contribution in [2.75, 3.05) is 26.4 Å². The molecule has 2 aliphatic carbocycles. The van der Waals surface area contributed by atoms with Gasteiger partial charge in [0.05, 0.1) is 49.4 Å². The summed E-state index contributed by atoms with van der Waals surface area (Å²) < 4.78 is 53.2. The topological polar surface area (TPSA) is 263 Å². The Morgan fingerprint density at radius 3 is 1.09 bits per heavy atom. The van der Waals surface area contributed by atoms with Crippen LogP contribution in [0.5, 0.6) is 23.0 Å². The Morgan fingerprint density at radius 1 is 0.405 bits per heavy atom. The largest absolute Gasteiger partial charge is 0.462 e. The van der Waals surface area contributed by atoms with Crippen molar-refractivity contribution >= 4 is 59.7 Å². The third-order valence-electron chi connectivity index (χ3n) is 13.5. The lowest BCUT2D eigenvalue weighted by Gasteiger charge is -2.27. The normalized spacial score (nSPS) is 16.6. The predicted octanol–water partition coefficient (Wildman–Crippen LogP) is 8.06. The molecule has 2 saturated carbocycles. The first-order valence-corrected chi connectivity index (χ1v) is 26.1. The predicted molar refractivity (Wildman–Crippen MR) is 279 cm³/mol. The van der Waals surface area contributed by atoms with E-state index < -0.39 is 83.4 Å². The lowest BCUT2D eigenvalue weighted by molar-refractivity contribution is -0.153. The van der Waals surface area contributed by atoms with E-state index in [4.69, 9.17) is 47.4 Å². The van der Waals surface area contributed by atoms with Gasteiger partial charge in [0.25, 0.3) is 0 Å². The Hall–Kier alpha value is -8.16. The molecule has 20 heteroatoms. The second-order valence-electron chi connectivity index (χ2n) is 19.3. The summed E-state index contributed by atoms with van der Waals surface area (Å²) in [7, 11) is 0. The zero-order chi connectivity index (χ0) is 57.6. The Balaban J connectivity index is 0.991. The molecule has 2 aliphatic rings. The molecule has 3 aromatic rings. The van der Waals surface area contributed by atoms with E-state index in [0.29, 0.717) is 113 Å². The number of hydrogen-bond acceptors (Lipinski definition) is 20. The number of rotatable bonds is 26. The second-order valence-corrected chi connectivity index (χ2v) is 19.3. The van der Waals surface area contributed by atoms with Crippen molar-refractivity contribution < 1.29 is 95.3 Å². The summed E-state index contributed by atoms with van der Waals surface area (Å²) in [5.41, 5.74) is 4.46. The smallest absolute Gasteiger partial charge is 0.330 e. The highest BCUT2D eigenvalue weighted by Gasteiger charge is 2.35. The van der Waals surface area contributed by atoms with E-state index in [1.807, 2.05) is 0 Å². The molecule has 0 spiro atoms. The monoisotopic (exact) mass is 1100 g/mol. The Morgan fingerprint density at radius 2 is 0.734 bits per heavy atom. The molecule has 0 radical (unpaired) electrons. The molecule has 0 aromatic heterocycles. The van der Waals surface area contributed by atoms with Gasteiger partial charge in [0.2, 0.25) is 0 Å². The minimum Gasteiger partial charge on any atom is -0.462 e. The van der Waals surface area contributed by atoms with Gasteiger partial charge in [-0.1, -0.05) is 25.3 Å². The summed E-state index contributed by atoms with van der Waals surface area (Å²) in [6.07, 6.45) is 4.48. The fourth-order valence-corrected chi connectivity index (χ4v) is 8.74. The molecule has 20 nitrogen and oxygen atoms in total. The third kappa shape index (κ3) is 19.7. The molecule has 2 fully saturated rings. The summed E-state index contributed by atoms with van der Waals surface area (Å²) in [5, 5.41) is 0. The van der Waals surface area contributed by atoms with Crippen LogP contribution in [0.4, 0.5) is 0 Å². The average molecular weight is 1100 g/mol. The van der Waals surface area contributed by atoms with Crippen LogP contribution in [-0.4, -0.2) is 86.1 Å². The first kappa shape index (κ1) is 61.7. The summed E-state index contributed by atoms with van der Waals surface area (Å²) >= 11 is 0. The molecular weight excluding hydrogens is 1030 g/mol. The van der Waals surface area contributed by atoms with Crippen LogP contribution < -0.4 is 18.9 Å². The van der Waals surface area contributed by atoms with Crippen LogP contribution >= 0.6 is 0 Å². The van der Waals surface area contributed by atoms with E-state index in [2.05, 4.69) is 13.2 Å². The SMILES string of the molecule is C=CC(=O)OCCOC(=O)CCC(=O)OCc1ccc(OC(=O)C2CCC(C(=O)Oc3cc(C)c(OC(=O)C4CCC(C(=O)Oc5ccc(COC(=O)CCC(=O)OCCOC(=O)C=C)cc5C)CC4)c(C)c3C)CC2)c(C)c1. The van der Waals surface area contributed by atoms with Crippen molar-refractivity contribution in [1.82, 2.24) is 0 Å². The fourth-order valence-electron chi connectivity index (χ4n) is 8.74. The highest BCUT2D eigenvalue weighted by molar-refractivity contribution is 5.83. The average Bonchev–Trinajstić information content (AvgIpc) is 3.45. The molecule has 3 aromatic carbocycles. The summed E-state index contributed by atoms with van der Waals surface area (Å²) in [6, 6.07) is 11.7. The molecule has 0 unspecified atom stereocenters. The van der Waals surface area contributed by atoms with E-state index in [9.17, 15) is 47.9 Å². The van der Waals surface area contributed by atoms with E-state index in [0.717, 1.165) is 12.2 Å². The van der Waals surface area contributed by atoms with Crippen LogP contribution in [0.3, 0.4) is 0 Å². The number of esters is 10. The first-order valence-electron chi connectivity index (χ1n) is 26.1. The van der Waals surface area contributed by atoms with E-state index in [-0.39, 0.29) is 65.3 Å². The van der Waals surface area contributed by atoms with Crippen molar-refractivity contribution in [1.29, 1.82) is 0 Å². The Labute approximate surface area is 458 Å². The molecule has 0 heterocycles. The number of hydrogen-bond donors (Lipinski definition) is 0. The molecule has 0 atom stereocenters. The molecular formula is C59H68O20. The molecule has 0 aliphatic heterocycles. The zero-order valence-electron chi connectivity index (χ0n) is 45.3. The highest BCUT2D eigenvalue weighted by atomic mass is 16.6. The number of ether oxygens (including phenoxy) is 10. The van der Waals surface area contributed by atoms with E-state index in [1.165, 1.54) is 0 Å². The zero-order valence-corrected chi connectivity index (χ0v) is 45.3. The van der Waals surface area contributed by atoms with Crippen molar-refractivity contribution in [2.24, 2.45) is 23.7 Å². The van der Waals surface area contributed by atoms with Crippen molar-refractivity contribution in [3.05, 3.63) is 107 Å². The Bertz CT molecular complexity index is 2760. The van der Waals surface area contributed by atoms with E-state index >= 15 is 0 Å². The molecule has 0 amide bonds. The lowest BCUT2D eigenvalue weighted by atomic mass is 9.82. The molecule has 5 rings (SSSR count). The van der Waals surface area contributed by atoms with Gasteiger partial charge in [-0.25, -0.2) is 9.59 Å². The van der Waals surface area contributed by atoms with Gasteiger partial charge in [0, 0.05) is 12.2 Å². The van der Waals surface area contributed by atoms with Crippen LogP contribution in [0.15, 0.2) is 67.8 Å². The van der Waals surface area contributed by atoms with Gasteiger partial charge in [0.15, 0.2) is 0 Å². The highest BCUT2D eigenvalue weighted by Crippen LogP contribution is 2.38. The number of benzene rings is 3. The molecule has 0 N–H and O–H groups in total. The number of carbonyl (C=O) groups excluding carboxylic acids is 10. The van der Waals surface area contributed by atoms with Gasteiger partial charge in [-0.2, -0.15) is 0 Å². The van der Waals surface area contributed by atoms with Gasteiger partial charge in [-0.05, 0) is 155 Å². The summed E-state index contributed by atoms with van der Waals surface area (Å²) in [5.74, 6) is -5.78. The maximum Gasteiger partial charge on any atom is 0.330 e. The van der Waals surface area contributed by atoms with Gasteiger partial charge in [-0.3, -0.25) is 38.4 Å². The van der Waals surface area contributed by atoms with Crippen LogP contribution in [0.1, 0.15) is 116 Å². The second kappa shape index (κ2) is 30.7. The van der Waals surface area contributed by atoms with E-state index in [1.54, 1.807) is 77.1 Å². The molecule has 79 heavy (non-hydrogen) atoms. The molecule has 424 valence electrons. The maximum atomic E-state index is 13.5. The van der Waals surface area contributed by atoms with Crippen LogP contribution in [0.25, 0.3) is 0 Å². The third-order valence-corrected chi connectivity index (χ3v) is 13.5. The molecule has 0 saturated heterocycles. The van der Waals surface area contributed by atoms with Gasteiger partial charge in [-0.15, -0.1) is 0 Å². The van der Waals surface area contributed by atoms with Crippen LogP contribution in [0, 0.1) is 58.3 Å². The minimum atomic E-state index is -0.643. The van der Waals surface area contributed by atoms with Crippen LogP contribution in [-0.2, 0) is 89.6 Å². The standard InChI is InChI=1S/C59H68O20/c1-8-49(60)70-26-28-72-51(62)22-24-53(64)74-33-40-10-20-46(35(3)30-40)76-56(66)42-12-14-44(15-13-42)58(68)78-48-32-37(5)55(39(7)38(48)6)79-59(69)45-18-16-43(17-19-45)57(67)77-47-21-11-41(31-36(47)4)34-75-54(65)25-23-52(63)73-29-27-71-50(61)9-2/h8-11,20-21,30-32,42-45H,1-2,12-19,22-29,33-34H2,3-7H3. The van der Waals surface area contributed by atoms with Gasteiger partial charge >= 0.3 is 59.7 Å². The summed E-state index contributed by atoms with van der Waals surface area (Å²) in [4.78, 5) is 124. The Kier molecular flexibility index (Phi) is 24.0. The first-order chi connectivity index (χ1) is 37.7. The lowest BCUT2D eigenvalue weighted by Crippen LogP contribution is -2.31. The number of aryl methyl sites for hydroxylation is 3. The van der Waals surface area contributed by atoms with Crippen molar-refractivity contribution in [2.45, 2.75) is 125 Å². The molecule has 0 bridgehead atoms. The maximum absolute atomic E-state index is 13.5. The van der Waals surface area contributed by atoms with Gasteiger partial charge in [0.1, 0.15) is 62.6 Å². The van der Waals surface area contributed by atoms with Crippen molar-refractivity contribution in [3.63, 3.8) is 0 Å². The van der Waals surface area contributed by atoms with Gasteiger partial charge < -0.3 is 47.4 Å². The fraction of sp³-hybridized carbons (Fsp3) is 0.458. The van der Waals surface area contributed by atoms with Crippen LogP contribution in [0.2, 0.25) is 0 Å². The van der Waals surface area contributed by atoms with Crippen molar-refractivity contribution in [3.8, 4) is 23.0 Å².